The van der Waals surface area contributed by atoms with E-state index in [-0.39, 0.29) is 53.2 Å². The second-order valence-corrected chi connectivity index (χ2v) is 14.2. The van der Waals surface area contributed by atoms with Gasteiger partial charge in [0.05, 0.1) is 12.0 Å². The zero-order chi connectivity index (χ0) is 31.8. The number of nitriles is 1. The van der Waals surface area contributed by atoms with Gasteiger partial charge in [0, 0.05) is 19.0 Å². The van der Waals surface area contributed by atoms with Gasteiger partial charge in [0.1, 0.15) is 18.1 Å². The van der Waals surface area contributed by atoms with Crippen molar-refractivity contribution in [3.8, 4) is 6.07 Å². The lowest BCUT2D eigenvalue weighted by Gasteiger charge is -2.38. The number of piperidine rings is 1. The van der Waals surface area contributed by atoms with Crippen molar-refractivity contribution < 1.29 is 19.2 Å². The number of hydrogen-bond acceptors (Lipinski definition) is 5. The number of nitrogens with one attached hydrogen (secondary N) is 3. The summed E-state index contributed by atoms with van der Waals surface area (Å²) >= 11 is 0. The highest BCUT2D eigenvalue weighted by molar-refractivity contribution is 5.96. The molecule has 0 spiro atoms. The van der Waals surface area contributed by atoms with Crippen LogP contribution >= 0.6 is 0 Å². The molecular formula is C35H43N5O4. The van der Waals surface area contributed by atoms with Gasteiger partial charge in [-0.15, -0.1) is 0 Å². The van der Waals surface area contributed by atoms with Crippen LogP contribution in [0.5, 0.6) is 0 Å². The Kier molecular flexibility index (Phi) is 8.57. The largest absolute Gasteiger partial charge is 0.356 e. The van der Waals surface area contributed by atoms with Crippen molar-refractivity contribution in [2.24, 2.45) is 28.6 Å². The van der Waals surface area contributed by atoms with Crippen LogP contribution < -0.4 is 16.0 Å². The fourth-order valence-corrected chi connectivity index (χ4v) is 7.19. The smallest absolute Gasteiger partial charge is 0.246 e. The predicted molar refractivity (Wildman–Crippen MR) is 166 cm³/mol. The lowest BCUT2D eigenvalue weighted by atomic mass is 9.83. The molecule has 6 atom stereocenters. The van der Waals surface area contributed by atoms with Crippen LogP contribution in [0.4, 0.5) is 0 Å². The molecule has 0 aromatic heterocycles. The van der Waals surface area contributed by atoms with Crippen molar-refractivity contribution in [1.29, 1.82) is 5.26 Å². The molecule has 1 saturated carbocycles. The van der Waals surface area contributed by atoms with Gasteiger partial charge >= 0.3 is 0 Å². The van der Waals surface area contributed by atoms with Crippen molar-refractivity contribution in [2.75, 3.05) is 13.1 Å². The van der Waals surface area contributed by atoms with Crippen LogP contribution in [0.15, 0.2) is 60.7 Å². The average molecular weight is 598 g/mol. The monoisotopic (exact) mass is 597 g/mol. The fourth-order valence-electron chi connectivity index (χ4n) is 7.19. The maximum absolute atomic E-state index is 14.4. The molecule has 2 saturated heterocycles. The highest BCUT2D eigenvalue weighted by Crippen LogP contribution is 2.65. The highest BCUT2D eigenvalue weighted by atomic mass is 16.2. The maximum atomic E-state index is 14.4. The first-order valence-electron chi connectivity index (χ1n) is 15.5. The van der Waals surface area contributed by atoms with Gasteiger partial charge in [-0.3, -0.25) is 19.2 Å². The summed E-state index contributed by atoms with van der Waals surface area (Å²) in [5.74, 6) is -1.95. The zero-order valence-electron chi connectivity index (χ0n) is 26.2. The van der Waals surface area contributed by atoms with E-state index in [2.05, 4.69) is 35.9 Å². The molecule has 4 amide bonds. The highest BCUT2D eigenvalue weighted by Gasteiger charge is 2.69. The number of rotatable bonds is 9. The number of carbonyl (C=O) groups excluding carboxylic acids is 4. The van der Waals surface area contributed by atoms with Crippen molar-refractivity contribution in [3.63, 3.8) is 0 Å². The van der Waals surface area contributed by atoms with Crippen LogP contribution in [0.1, 0.15) is 64.5 Å². The number of fused-ring (bicyclic) bond motifs is 1. The van der Waals surface area contributed by atoms with Gasteiger partial charge in [0.2, 0.25) is 23.6 Å². The summed E-state index contributed by atoms with van der Waals surface area (Å²) in [5.41, 5.74) is 0.852. The third kappa shape index (κ3) is 6.08. The molecule has 0 radical (unpaired) electrons. The Labute approximate surface area is 259 Å². The molecule has 2 aromatic carbocycles. The van der Waals surface area contributed by atoms with Crippen molar-refractivity contribution in [1.82, 2.24) is 20.9 Å². The summed E-state index contributed by atoms with van der Waals surface area (Å²) < 4.78 is 0. The number of benzene rings is 2. The molecule has 9 nitrogen and oxygen atoms in total. The number of carbonyl (C=O) groups is 4. The molecule has 44 heavy (non-hydrogen) atoms. The molecule has 3 fully saturated rings. The number of nitrogens with zero attached hydrogens (tertiary/aromatic N) is 2. The standard InChI is InChI=1S/C35H43N5O4/c1-34(2,3)29(39-31(42)26(21-12-8-6-9-13-21)22-14-10-7-11-15-22)33(44)40-20-25-27(35(25,4)5)28(40)32(43)38-24(19-36)18-23-16-17-37-30(23)41/h6-15,23-29H,16-18,20H2,1-5H3,(H,37,41)(H,38,43)(H,39,42)/t23?,24-,25-,27-,28-,29?/m0/s1. The lowest BCUT2D eigenvalue weighted by Crippen LogP contribution is -2.60. The Hall–Kier alpha value is -4.19. The fraction of sp³-hybridized carbons (Fsp3) is 0.514. The third-order valence-electron chi connectivity index (χ3n) is 9.84. The number of likely N-dealkylation sites (tertiary alicyclic amines) is 1. The van der Waals surface area contributed by atoms with Crippen molar-refractivity contribution in [3.05, 3.63) is 71.8 Å². The first kappa shape index (κ1) is 31.2. The predicted octanol–water partition coefficient (Wildman–Crippen LogP) is 3.37. The molecule has 3 N–H and O–H groups in total. The Morgan fingerprint density at radius 1 is 1.02 bits per heavy atom. The molecule has 2 unspecified atom stereocenters. The van der Waals surface area contributed by atoms with Crippen LogP contribution in [-0.2, 0) is 19.2 Å². The molecule has 3 aliphatic rings. The Bertz CT molecular complexity index is 1410. The van der Waals surface area contributed by atoms with Crippen LogP contribution in [-0.4, -0.2) is 59.7 Å². The molecule has 2 aliphatic heterocycles. The van der Waals surface area contributed by atoms with Gasteiger partial charge in [-0.05, 0) is 46.6 Å². The average Bonchev–Trinajstić information content (AvgIpc) is 3.33. The number of hydrogen-bond donors (Lipinski definition) is 3. The summed E-state index contributed by atoms with van der Waals surface area (Å²) in [7, 11) is 0. The molecular weight excluding hydrogens is 554 g/mol. The summed E-state index contributed by atoms with van der Waals surface area (Å²) in [6, 6.07) is 18.6. The first-order chi connectivity index (χ1) is 20.8. The first-order valence-corrected chi connectivity index (χ1v) is 15.5. The van der Waals surface area contributed by atoms with E-state index in [0.29, 0.717) is 19.5 Å². The van der Waals surface area contributed by atoms with Gasteiger partial charge in [-0.2, -0.15) is 5.26 Å². The van der Waals surface area contributed by atoms with E-state index in [0.717, 1.165) is 11.1 Å². The van der Waals surface area contributed by atoms with Crippen molar-refractivity contribution >= 4 is 23.6 Å². The van der Waals surface area contributed by atoms with Crippen LogP contribution in [0.3, 0.4) is 0 Å². The minimum absolute atomic E-state index is 0.0572. The van der Waals surface area contributed by atoms with E-state index in [1.54, 1.807) is 4.90 Å². The van der Waals surface area contributed by atoms with Crippen LogP contribution in [0, 0.1) is 39.9 Å². The molecule has 5 rings (SSSR count). The van der Waals surface area contributed by atoms with Gasteiger partial charge < -0.3 is 20.9 Å². The Balaban J connectivity index is 1.38. The third-order valence-corrected chi connectivity index (χ3v) is 9.84. The topological polar surface area (TPSA) is 131 Å². The molecule has 0 bridgehead atoms. The second-order valence-electron chi connectivity index (χ2n) is 14.2. The molecule has 2 aromatic rings. The Morgan fingerprint density at radius 3 is 2.11 bits per heavy atom. The van der Waals surface area contributed by atoms with Crippen molar-refractivity contribution in [2.45, 2.75) is 71.5 Å². The quantitative estimate of drug-likeness (QED) is 0.408. The van der Waals surface area contributed by atoms with Crippen LogP contribution in [0.25, 0.3) is 0 Å². The maximum Gasteiger partial charge on any atom is 0.246 e. The molecule has 1 aliphatic carbocycles. The van der Waals surface area contributed by atoms with Gasteiger partial charge in [0.15, 0.2) is 0 Å². The molecule has 2 heterocycles. The summed E-state index contributed by atoms with van der Waals surface area (Å²) in [6.45, 7) is 10.9. The SMILES string of the molecule is CC(C)(C)C(NC(=O)C(c1ccccc1)c1ccccc1)C(=O)N1C[C@H]2[C@@H]([C@H]1C(=O)N[C@H](C#N)CC1CCNC1=O)C2(C)C. The summed E-state index contributed by atoms with van der Waals surface area (Å²) in [4.78, 5) is 56.0. The Morgan fingerprint density at radius 2 is 1.61 bits per heavy atom. The minimum atomic E-state index is -0.894. The van der Waals surface area contributed by atoms with Gasteiger partial charge in [-0.1, -0.05) is 95.3 Å². The summed E-state index contributed by atoms with van der Waals surface area (Å²) in [6.07, 6.45) is 0.853. The minimum Gasteiger partial charge on any atom is -0.356 e. The van der Waals surface area contributed by atoms with E-state index in [1.165, 1.54) is 0 Å². The molecule has 9 heteroatoms. The van der Waals surface area contributed by atoms with E-state index in [4.69, 9.17) is 0 Å². The van der Waals surface area contributed by atoms with E-state index in [1.807, 2.05) is 81.4 Å². The van der Waals surface area contributed by atoms with Gasteiger partial charge in [-0.25, -0.2) is 0 Å². The molecule has 232 valence electrons. The normalized spacial score (nSPS) is 24.9. The van der Waals surface area contributed by atoms with E-state index in [9.17, 15) is 24.4 Å². The second kappa shape index (κ2) is 12.1. The zero-order valence-corrected chi connectivity index (χ0v) is 26.2. The van der Waals surface area contributed by atoms with Gasteiger partial charge in [0.25, 0.3) is 0 Å². The van der Waals surface area contributed by atoms with E-state index >= 15 is 0 Å². The number of amides is 4. The summed E-state index contributed by atoms with van der Waals surface area (Å²) in [5, 5.41) is 18.5. The lowest BCUT2D eigenvalue weighted by molar-refractivity contribution is -0.145. The van der Waals surface area contributed by atoms with E-state index < -0.39 is 29.5 Å². The van der Waals surface area contributed by atoms with Crippen LogP contribution in [0.2, 0.25) is 0 Å².